The number of hydrogen-bond acceptors (Lipinski definition) is 5. The van der Waals surface area contributed by atoms with Gasteiger partial charge in [-0.1, -0.05) is 30.3 Å². The molecule has 0 fully saturated rings. The van der Waals surface area contributed by atoms with Gasteiger partial charge in [-0.15, -0.1) is 0 Å². The molecule has 0 aliphatic heterocycles. The Morgan fingerprint density at radius 2 is 1.72 bits per heavy atom. The summed E-state index contributed by atoms with van der Waals surface area (Å²) in [5.74, 6) is 0.587. The van der Waals surface area contributed by atoms with Crippen LogP contribution < -0.4 is 10.4 Å². The van der Waals surface area contributed by atoms with E-state index < -0.39 is 10.5 Å². The minimum absolute atomic E-state index is 0.0332. The maximum Gasteiger partial charge on any atom is 0.336 e. The summed E-state index contributed by atoms with van der Waals surface area (Å²) in [6.45, 7) is 2.08. The zero-order chi connectivity index (χ0) is 20.4. The first-order valence-electron chi connectivity index (χ1n) is 9.02. The van der Waals surface area contributed by atoms with Gasteiger partial charge in [0.05, 0.1) is 4.92 Å². The lowest BCUT2D eigenvalue weighted by Gasteiger charge is -2.12. The number of aryl methyl sites for hydroxylation is 1. The number of fused-ring (bicyclic) bond motifs is 1. The van der Waals surface area contributed by atoms with Gasteiger partial charge in [-0.3, -0.25) is 10.1 Å². The predicted molar refractivity (Wildman–Crippen MR) is 110 cm³/mol. The Labute approximate surface area is 166 Å². The Hall–Kier alpha value is -3.93. The van der Waals surface area contributed by atoms with E-state index in [1.807, 2.05) is 49.4 Å². The van der Waals surface area contributed by atoms with Gasteiger partial charge in [-0.05, 0) is 47.9 Å². The predicted octanol–water partition coefficient (Wildman–Crippen LogP) is 5.26. The van der Waals surface area contributed by atoms with E-state index in [1.165, 1.54) is 18.2 Å². The molecule has 0 spiro atoms. The van der Waals surface area contributed by atoms with Gasteiger partial charge in [0.2, 0.25) is 0 Å². The third-order valence-corrected chi connectivity index (χ3v) is 4.74. The number of hydrogen-bond donors (Lipinski definition) is 0. The lowest BCUT2D eigenvalue weighted by Crippen LogP contribution is -2.02. The molecule has 0 aliphatic rings. The molecule has 0 atom stereocenters. The average Bonchev–Trinajstić information content (AvgIpc) is 2.74. The molecule has 1 aromatic heterocycles. The fourth-order valence-corrected chi connectivity index (χ4v) is 3.23. The van der Waals surface area contributed by atoms with Crippen molar-refractivity contribution in [3.05, 3.63) is 104 Å². The van der Waals surface area contributed by atoms with E-state index in [-0.39, 0.29) is 12.3 Å². The van der Waals surface area contributed by atoms with Gasteiger partial charge >= 0.3 is 5.63 Å². The largest absolute Gasteiger partial charge is 0.488 e. The smallest absolute Gasteiger partial charge is 0.336 e. The van der Waals surface area contributed by atoms with E-state index in [0.29, 0.717) is 11.3 Å². The molecule has 0 saturated carbocycles. The summed E-state index contributed by atoms with van der Waals surface area (Å²) >= 11 is 0. The van der Waals surface area contributed by atoms with E-state index in [9.17, 15) is 14.9 Å². The van der Waals surface area contributed by atoms with Gasteiger partial charge in [0, 0.05) is 29.1 Å². The zero-order valence-corrected chi connectivity index (χ0v) is 15.6. The third-order valence-electron chi connectivity index (χ3n) is 4.74. The van der Waals surface area contributed by atoms with Crippen molar-refractivity contribution in [1.29, 1.82) is 0 Å². The van der Waals surface area contributed by atoms with E-state index in [4.69, 9.17) is 9.15 Å². The van der Waals surface area contributed by atoms with E-state index >= 15 is 0 Å². The highest BCUT2D eigenvalue weighted by molar-refractivity contribution is 5.95. The molecule has 4 aromatic rings. The summed E-state index contributed by atoms with van der Waals surface area (Å²) < 4.78 is 11.4. The Kier molecular flexibility index (Phi) is 4.83. The molecule has 144 valence electrons. The molecule has 4 rings (SSSR count). The van der Waals surface area contributed by atoms with Crippen LogP contribution in [0.25, 0.3) is 22.1 Å². The molecular formula is C23H17NO5. The number of benzene rings is 3. The van der Waals surface area contributed by atoms with Crippen molar-refractivity contribution in [2.45, 2.75) is 13.5 Å². The van der Waals surface area contributed by atoms with Gasteiger partial charge in [0.15, 0.2) is 0 Å². The Morgan fingerprint density at radius 1 is 1.00 bits per heavy atom. The summed E-state index contributed by atoms with van der Waals surface area (Å²) in [4.78, 5) is 22.5. The number of nitro groups is 1. The van der Waals surface area contributed by atoms with E-state index in [2.05, 4.69) is 0 Å². The van der Waals surface area contributed by atoms with Crippen LogP contribution in [0.3, 0.4) is 0 Å². The Bertz CT molecular complexity index is 1240. The number of rotatable bonds is 5. The molecule has 0 N–H and O–H groups in total. The van der Waals surface area contributed by atoms with Crippen LogP contribution in [0.2, 0.25) is 0 Å². The van der Waals surface area contributed by atoms with Crippen molar-refractivity contribution in [3.8, 4) is 16.9 Å². The molecular weight excluding hydrogens is 370 g/mol. The Balaban J connectivity index is 1.67. The number of non-ortho nitro benzene ring substituents is 1. The van der Waals surface area contributed by atoms with Gasteiger partial charge in [0.25, 0.3) is 5.69 Å². The van der Waals surface area contributed by atoms with Crippen LogP contribution in [0.15, 0.2) is 82.0 Å². The van der Waals surface area contributed by atoms with Crippen molar-refractivity contribution in [3.63, 3.8) is 0 Å². The summed E-state index contributed by atoms with van der Waals surface area (Å²) in [5.41, 5.74) is 3.36. The van der Waals surface area contributed by atoms with Crippen LogP contribution in [0.1, 0.15) is 11.1 Å². The monoisotopic (exact) mass is 387 g/mol. The van der Waals surface area contributed by atoms with Crippen LogP contribution in [0, 0.1) is 17.0 Å². The van der Waals surface area contributed by atoms with Crippen molar-refractivity contribution in [2.24, 2.45) is 0 Å². The standard InChI is InChI=1S/C23H17NO5/c1-15-21(28-14-16-7-9-18(10-8-16)24(26)27)12-11-19-20(13-22(25)29-23(15)19)17-5-3-2-4-6-17/h2-13H,14H2,1H3. The number of nitro benzene ring substituents is 1. The number of nitrogens with zero attached hydrogens (tertiary/aromatic N) is 1. The minimum Gasteiger partial charge on any atom is -0.488 e. The molecule has 0 saturated heterocycles. The molecule has 29 heavy (non-hydrogen) atoms. The summed E-state index contributed by atoms with van der Waals surface area (Å²) in [5, 5.41) is 11.6. The van der Waals surface area contributed by atoms with Crippen LogP contribution in [-0.2, 0) is 6.61 Å². The van der Waals surface area contributed by atoms with Crippen molar-refractivity contribution in [1.82, 2.24) is 0 Å². The fraction of sp³-hybridized carbons (Fsp3) is 0.0870. The van der Waals surface area contributed by atoms with Crippen LogP contribution >= 0.6 is 0 Å². The summed E-state index contributed by atoms with van der Waals surface area (Å²) in [6, 6.07) is 21.1. The molecule has 0 radical (unpaired) electrons. The lowest BCUT2D eigenvalue weighted by molar-refractivity contribution is -0.384. The molecule has 6 nitrogen and oxygen atoms in total. The molecule has 0 aliphatic carbocycles. The highest BCUT2D eigenvalue weighted by atomic mass is 16.6. The SMILES string of the molecule is Cc1c(OCc2ccc([N+](=O)[O-])cc2)ccc2c(-c3ccccc3)cc(=O)oc12. The lowest BCUT2D eigenvalue weighted by atomic mass is 10.0. The maximum absolute atomic E-state index is 12.1. The molecule has 6 heteroatoms. The zero-order valence-electron chi connectivity index (χ0n) is 15.6. The van der Waals surface area contributed by atoms with E-state index in [0.717, 1.165) is 27.6 Å². The van der Waals surface area contributed by atoms with Crippen LogP contribution in [0.5, 0.6) is 5.75 Å². The second-order valence-corrected chi connectivity index (χ2v) is 6.62. The van der Waals surface area contributed by atoms with Gasteiger partial charge < -0.3 is 9.15 Å². The molecule has 1 heterocycles. The second kappa shape index (κ2) is 7.59. The summed E-state index contributed by atoms with van der Waals surface area (Å²) in [7, 11) is 0. The van der Waals surface area contributed by atoms with Crippen molar-refractivity contribution < 1.29 is 14.1 Å². The second-order valence-electron chi connectivity index (χ2n) is 6.62. The average molecular weight is 387 g/mol. The van der Waals surface area contributed by atoms with E-state index in [1.54, 1.807) is 12.1 Å². The first-order valence-corrected chi connectivity index (χ1v) is 9.02. The Morgan fingerprint density at radius 3 is 2.41 bits per heavy atom. The molecule has 0 unspecified atom stereocenters. The van der Waals surface area contributed by atoms with Gasteiger partial charge in [-0.25, -0.2) is 4.79 Å². The van der Waals surface area contributed by atoms with Crippen LogP contribution in [0.4, 0.5) is 5.69 Å². The number of ether oxygens (including phenoxy) is 1. The third kappa shape index (κ3) is 3.73. The quantitative estimate of drug-likeness (QED) is 0.265. The highest BCUT2D eigenvalue weighted by Gasteiger charge is 2.13. The summed E-state index contributed by atoms with van der Waals surface area (Å²) in [6.07, 6.45) is 0. The fourth-order valence-electron chi connectivity index (χ4n) is 3.23. The van der Waals surface area contributed by atoms with Crippen LogP contribution in [-0.4, -0.2) is 4.92 Å². The highest BCUT2D eigenvalue weighted by Crippen LogP contribution is 2.33. The van der Waals surface area contributed by atoms with Crippen molar-refractivity contribution >= 4 is 16.7 Å². The van der Waals surface area contributed by atoms with Crippen molar-refractivity contribution in [2.75, 3.05) is 0 Å². The molecule has 0 bridgehead atoms. The molecule has 0 amide bonds. The normalized spacial score (nSPS) is 10.8. The molecule has 3 aromatic carbocycles. The van der Waals surface area contributed by atoms with Gasteiger partial charge in [-0.2, -0.15) is 0 Å². The minimum atomic E-state index is -0.440. The first-order chi connectivity index (χ1) is 14.0. The first kappa shape index (κ1) is 18.4. The topological polar surface area (TPSA) is 82.6 Å². The van der Waals surface area contributed by atoms with Gasteiger partial charge in [0.1, 0.15) is 17.9 Å². The maximum atomic E-state index is 12.1.